The SMILES string of the molecule is CS(=O)(=O)Nc1ccc(N)cc1Oc1ccc(O)cc1. The van der Waals surface area contributed by atoms with Crippen molar-refractivity contribution in [1.82, 2.24) is 0 Å². The molecule has 0 unspecified atom stereocenters. The molecular weight excluding hydrogens is 280 g/mol. The van der Waals surface area contributed by atoms with E-state index in [1.165, 1.54) is 24.3 Å². The summed E-state index contributed by atoms with van der Waals surface area (Å²) in [6, 6.07) is 10.6. The smallest absolute Gasteiger partial charge is 0.229 e. The monoisotopic (exact) mass is 294 g/mol. The molecule has 106 valence electrons. The van der Waals surface area contributed by atoms with Crippen LogP contribution >= 0.6 is 0 Å². The van der Waals surface area contributed by atoms with E-state index < -0.39 is 10.0 Å². The number of anilines is 2. The number of phenolic OH excluding ortho intramolecular Hbond substituents is 1. The summed E-state index contributed by atoms with van der Waals surface area (Å²) in [5, 5.41) is 9.21. The summed E-state index contributed by atoms with van der Waals surface area (Å²) in [5.41, 5.74) is 6.40. The van der Waals surface area contributed by atoms with E-state index in [1.807, 2.05) is 0 Å². The van der Waals surface area contributed by atoms with Crippen LogP contribution in [0.25, 0.3) is 0 Å². The molecule has 7 heteroatoms. The van der Waals surface area contributed by atoms with E-state index in [4.69, 9.17) is 10.5 Å². The van der Waals surface area contributed by atoms with Gasteiger partial charge >= 0.3 is 0 Å². The van der Waals surface area contributed by atoms with E-state index in [9.17, 15) is 13.5 Å². The number of benzene rings is 2. The van der Waals surface area contributed by atoms with Crippen LogP contribution in [0, 0.1) is 0 Å². The highest BCUT2D eigenvalue weighted by molar-refractivity contribution is 7.92. The van der Waals surface area contributed by atoms with E-state index in [0.717, 1.165) is 6.26 Å². The van der Waals surface area contributed by atoms with Gasteiger partial charge in [-0.2, -0.15) is 0 Å². The van der Waals surface area contributed by atoms with Crippen LogP contribution in [0.5, 0.6) is 17.2 Å². The van der Waals surface area contributed by atoms with Gasteiger partial charge in [-0.1, -0.05) is 0 Å². The molecule has 2 aromatic rings. The number of nitrogens with two attached hydrogens (primary N) is 1. The first-order valence-electron chi connectivity index (χ1n) is 5.68. The molecule has 0 fully saturated rings. The Labute approximate surface area is 116 Å². The Morgan fingerprint density at radius 1 is 1.15 bits per heavy atom. The Bertz CT molecular complexity index is 712. The van der Waals surface area contributed by atoms with E-state index in [0.29, 0.717) is 11.4 Å². The average Bonchev–Trinajstić information content (AvgIpc) is 2.34. The third-order valence-electron chi connectivity index (χ3n) is 2.37. The van der Waals surface area contributed by atoms with Crippen LogP contribution in [0.4, 0.5) is 11.4 Å². The fourth-order valence-electron chi connectivity index (χ4n) is 1.55. The maximum atomic E-state index is 11.3. The number of hydrogen-bond acceptors (Lipinski definition) is 5. The van der Waals surface area contributed by atoms with Crippen LogP contribution in [0.2, 0.25) is 0 Å². The van der Waals surface area contributed by atoms with Crippen LogP contribution in [0.15, 0.2) is 42.5 Å². The highest BCUT2D eigenvalue weighted by Crippen LogP contribution is 2.32. The van der Waals surface area contributed by atoms with Crippen molar-refractivity contribution in [3.8, 4) is 17.2 Å². The number of rotatable bonds is 4. The Morgan fingerprint density at radius 3 is 2.40 bits per heavy atom. The summed E-state index contributed by atoms with van der Waals surface area (Å²) in [6.45, 7) is 0. The molecule has 0 amide bonds. The molecule has 2 aromatic carbocycles. The Morgan fingerprint density at radius 2 is 1.80 bits per heavy atom. The quantitative estimate of drug-likeness (QED) is 0.750. The zero-order chi connectivity index (χ0) is 14.8. The second kappa shape index (κ2) is 5.30. The first-order valence-corrected chi connectivity index (χ1v) is 7.57. The Balaban J connectivity index is 2.34. The van der Waals surface area contributed by atoms with Crippen LogP contribution in [-0.4, -0.2) is 19.8 Å². The van der Waals surface area contributed by atoms with Gasteiger partial charge in [0, 0.05) is 11.8 Å². The number of sulfonamides is 1. The minimum Gasteiger partial charge on any atom is -0.508 e. The number of nitrogens with one attached hydrogen (secondary N) is 1. The number of aromatic hydroxyl groups is 1. The molecule has 0 aliphatic carbocycles. The summed E-state index contributed by atoms with van der Waals surface area (Å²) < 4.78 is 30.5. The van der Waals surface area contributed by atoms with Crippen molar-refractivity contribution in [1.29, 1.82) is 0 Å². The van der Waals surface area contributed by atoms with Gasteiger partial charge in [0.15, 0.2) is 5.75 Å². The lowest BCUT2D eigenvalue weighted by molar-refractivity contribution is 0.465. The van der Waals surface area contributed by atoms with Crippen molar-refractivity contribution in [3.63, 3.8) is 0 Å². The van der Waals surface area contributed by atoms with Gasteiger partial charge in [0.2, 0.25) is 10.0 Å². The molecule has 0 aliphatic heterocycles. The van der Waals surface area contributed by atoms with E-state index in [-0.39, 0.29) is 17.2 Å². The molecule has 0 saturated carbocycles. The van der Waals surface area contributed by atoms with E-state index in [1.54, 1.807) is 18.2 Å². The van der Waals surface area contributed by atoms with Gasteiger partial charge in [0.1, 0.15) is 11.5 Å². The lowest BCUT2D eigenvalue weighted by Gasteiger charge is -2.12. The van der Waals surface area contributed by atoms with Gasteiger partial charge in [-0.25, -0.2) is 8.42 Å². The number of hydrogen-bond donors (Lipinski definition) is 3. The summed E-state index contributed by atoms with van der Waals surface area (Å²) >= 11 is 0. The van der Waals surface area contributed by atoms with Gasteiger partial charge in [-0.05, 0) is 36.4 Å². The topological polar surface area (TPSA) is 102 Å². The minimum absolute atomic E-state index is 0.111. The number of phenols is 1. The first kappa shape index (κ1) is 14.0. The second-order valence-corrected chi connectivity index (χ2v) is 5.97. The third kappa shape index (κ3) is 3.79. The van der Waals surface area contributed by atoms with Gasteiger partial charge in [0.05, 0.1) is 11.9 Å². The standard InChI is InChI=1S/C13H14N2O4S/c1-20(17,18)15-12-7-2-9(14)8-13(12)19-11-5-3-10(16)4-6-11/h2-8,15-16H,14H2,1H3. The molecule has 6 nitrogen and oxygen atoms in total. The Kier molecular flexibility index (Phi) is 3.71. The normalized spacial score (nSPS) is 11.1. The zero-order valence-electron chi connectivity index (χ0n) is 10.7. The summed E-state index contributed by atoms with van der Waals surface area (Å²) in [5.74, 6) is 0.838. The van der Waals surface area contributed by atoms with Gasteiger partial charge in [-0.3, -0.25) is 4.72 Å². The van der Waals surface area contributed by atoms with Crippen molar-refractivity contribution in [2.75, 3.05) is 16.7 Å². The lowest BCUT2D eigenvalue weighted by atomic mass is 10.2. The largest absolute Gasteiger partial charge is 0.508 e. The average molecular weight is 294 g/mol. The molecule has 0 aliphatic rings. The van der Waals surface area contributed by atoms with Crippen LogP contribution in [-0.2, 0) is 10.0 Å². The fourth-order valence-corrected chi connectivity index (χ4v) is 2.12. The molecule has 0 saturated heterocycles. The second-order valence-electron chi connectivity index (χ2n) is 4.23. The fraction of sp³-hybridized carbons (Fsp3) is 0.0769. The van der Waals surface area contributed by atoms with Crippen molar-refractivity contribution >= 4 is 21.4 Å². The summed E-state index contributed by atoms with van der Waals surface area (Å²) in [4.78, 5) is 0. The molecule has 0 bridgehead atoms. The molecule has 0 atom stereocenters. The van der Waals surface area contributed by atoms with Crippen molar-refractivity contribution < 1.29 is 18.3 Å². The van der Waals surface area contributed by atoms with Gasteiger partial charge in [0.25, 0.3) is 0 Å². The van der Waals surface area contributed by atoms with Crippen molar-refractivity contribution in [2.45, 2.75) is 0 Å². The number of nitrogen functional groups attached to an aromatic ring is 1. The third-order valence-corrected chi connectivity index (χ3v) is 2.96. The molecule has 0 aromatic heterocycles. The molecule has 4 N–H and O–H groups in total. The van der Waals surface area contributed by atoms with Gasteiger partial charge < -0.3 is 15.6 Å². The molecule has 0 heterocycles. The van der Waals surface area contributed by atoms with Crippen LogP contribution in [0.1, 0.15) is 0 Å². The molecule has 0 radical (unpaired) electrons. The molecule has 0 spiro atoms. The minimum atomic E-state index is -3.42. The lowest BCUT2D eigenvalue weighted by Crippen LogP contribution is -2.10. The Hall–Kier alpha value is -2.41. The number of ether oxygens (including phenoxy) is 1. The molecule has 2 rings (SSSR count). The predicted molar refractivity (Wildman–Crippen MR) is 77.5 cm³/mol. The van der Waals surface area contributed by atoms with Gasteiger partial charge in [-0.15, -0.1) is 0 Å². The summed E-state index contributed by atoms with van der Waals surface area (Å²) in [6.07, 6.45) is 1.05. The molecular formula is C13H14N2O4S. The summed E-state index contributed by atoms with van der Waals surface area (Å²) in [7, 11) is -3.42. The zero-order valence-corrected chi connectivity index (χ0v) is 11.5. The maximum Gasteiger partial charge on any atom is 0.229 e. The highest BCUT2D eigenvalue weighted by atomic mass is 32.2. The van der Waals surface area contributed by atoms with Crippen LogP contribution < -0.4 is 15.2 Å². The maximum absolute atomic E-state index is 11.3. The van der Waals surface area contributed by atoms with Crippen molar-refractivity contribution in [2.24, 2.45) is 0 Å². The highest BCUT2D eigenvalue weighted by Gasteiger charge is 2.10. The molecule has 20 heavy (non-hydrogen) atoms. The van der Waals surface area contributed by atoms with Crippen molar-refractivity contribution in [3.05, 3.63) is 42.5 Å². The first-order chi connectivity index (χ1) is 9.33. The van der Waals surface area contributed by atoms with E-state index in [2.05, 4.69) is 4.72 Å². The van der Waals surface area contributed by atoms with E-state index >= 15 is 0 Å². The predicted octanol–water partition coefficient (Wildman–Crippen LogP) is 2.14. The van der Waals surface area contributed by atoms with Crippen LogP contribution in [0.3, 0.4) is 0 Å².